The van der Waals surface area contributed by atoms with Crippen LogP contribution in [0.4, 0.5) is 4.79 Å². The summed E-state index contributed by atoms with van der Waals surface area (Å²) in [5, 5.41) is 17.1. The highest BCUT2D eigenvalue weighted by Gasteiger charge is 2.31. The van der Waals surface area contributed by atoms with Gasteiger partial charge in [0.2, 0.25) is 11.8 Å². The van der Waals surface area contributed by atoms with E-state index in [0.29, 0.717) is 12.2 Å². The van der Waals surface area contributed by atoms with Crippen molar-refractivity contribution in [2.24, 2.45) is 5.92 Å². The molecule has 0 aliphatic heterocycles. The molecule has 0 bridgehead atoms. The van der Waals surface area contributed by atoms with Gasteiger partial charge in [-0.25, -0.2) is 9.59 Å². The zero-order valence-electron chi connectivity index (χ0n) is 22.7. The molecular weight excluding hydrogens is 518 g/mol. The van der Waals surface area contributed by atoms with E-state index < -0.39 is 42.0 Å². The molecule has 2 aromatic carbocycles. The van der Waals surface area contributed by atoms with Crippen LogP contribution in [0, 0.1) is 5.92 Å². The highest BCUT2D eigenvalue weighted by atomic mass is 32.2. The molecule has 1 aliphatic rings. The molecule has 3 rings (SSSR count). The maximum atomic E-state index is 13.0. The van der Waals surface area contributed by atoms with Gasteiger partial charge in [-0.15, -0.1) is 0 Å². The maximum Gasteiger partial charge on any atom is 0.407 e. The third-order valence-electron chi connectivity index (χ3n) is 6.64. The predicted octanol–water partition coefficient (Wildman–Crippen LogP) is 3.77. The van der Waals surface area contributed by atoms with Gasteiger partial charge in [-0.1, -0.05) is 62.4 Å². The van der Waals surface area contributed by atoms with Crippen molar-refractivity contribution >= 4 is 35.6 Å². The second-order valence-electron chi connectivity index (χ2n) is 10.1. The number of carbonyl (C=O) groups is 4. The number of benzene rings is 2. The van der Waals surface area contributed by atoms with Gasteiger partial charge in [-0.2, -0.15) is 11.8 Å². The summed E-state index contributed by atoms with van der Waals surface area (Å²) in [5.74, 6) is -1.74. The largest absolute Gasteiger partial charge is 0.480 e. The quantitative estimate of drug-likeness (QED) is 0.296. The van der Waals surface area contributed by atoms with Crippen molar-refractivity contribution in [3.8, 4) is 11.1 Å². The summed E-state index contributed by atoms with van der Waals surface area (Å²) in [6.07, 6.45) is 1.76. The van der Waals surface area contributed by atoms with Gasteiger partial charge in [0, 0.05) is 5.92 Å². The first-order valence-corrected chi connectivity index (χ1v) is 14.5. The minimum atomic E-state index is -1.13. The summed E-state index contributed by atoms with van der Waals surface area (Å²) in [6, 6.07) is 13.1. The average molecular weight is 556 g/mol. The Balaban J connectivity index is 1.60. The first-order chi connectivity index (χ1) is 18.6. The van der Waals surface area contributed by atoms with Crippen LogP contribution in [-0.4, -0.2) is 65.7 Å². The molecule has 2 aromatic rings. The van der Waals surface area contributed by atoms with Crippen LogP contribution in [0.25, 0.3) is 11.1 Å². The van der Waals surface area contributed by atoms with E-state index in [1.807, 2.05) is 56.5 Å². The lowest BCUT2D eigenvalue weighted by molar-refractivity contribution is -0.142. The van der Waals surface area contributed by atoms with Crippen LogP contribution in [0.15, 0.2) is 48.5 Å². The van der Waals surface area contributed by atoms with E-state index in [-0.39, 0.29) is 24.9 Å². The predicted molar refractivity (Wildman–Crippen MR) is 152 cm³/mol. The molecule has 3 amide bonds. The highest BCUT2D eigenvalue weighted by Crippen LogP contribution is 2.44. The van der Waals surface area contributed by atoms with Crippen molar-refractivity contribution in [1.29, 1.82) is 0 Å². The Morgan fingerprint density at radius 1 is 0.872 bits per heavy atom. The lowest BCUT2D eigenvalue weighted by Crippen LogP contribution is -2.55. The van der Waals surface area contributed by atoms with Crippen molar-refractivity contribution in [3.63, 3.8) is 0 Å². The molecule has 0 spiro atoms. The molecule has 0 aromatic heterocycles. The summed E-state index contributed by atoms with van der Waals surface area (Å²) in [4.78, 5) is 49.8. The minimum absolute atomic E-state index is 0.0635. The van der Waals surface area contributed by atoms with Gasteiger partial charge in [-0.3, -0.25) is 9.59 Å². The standard InChI is InChI=1S/C29H37N3O6S/c1-17(2)15-25(28(35)36)31-26(33)18(3)30-27(34)24(13-14-39-4)32-29(37)38-16-23-21-11-7-5-9-19(21)20-10-6-8-12-22(20)23/h5-12,17-18,23-25H,13-16H2,1-4H3,(H,30,34)(H,31,33)(H,32,37)(H,35,36). The highest BCUT2D eigenvalue weighted by molar-refractivity contribution is 7.98. The van der Waals surface area contributed by atoms with Gasteiger partial charge in [0.1, 0.15) is 24.7 Å². The van der Waals surface area contributed by atoms with Crippen molar-refractivity contribution in [2.75, 3.05) is 18.6 Å². The molecule has 0 saturated heterocycles. The number of nitrogens with one attached hydrogen (secondary N) is 3. The number of carbonyl (C=O) groups excluding carboxylic acids is 3. The summed E-state index contributed by atoms with van der Waals surface area (Å²) < 4.78 is 5.59. The summed E-state index contributed by atoms with van der Waals surface area (Å²) in [6.45, 7) is 5.31. The number of aliphatic carboxylic acids is 1. The fraction of sp³-hybridized carbons (Fsp3) is 0.448. The topological polar surface area (TPSA) is 134 Å². The van der Waals surface area contributed by atoms with E-state index in [4.69, 9.17) is 4.74 Å². The average Bonchev–Trinajstić information content (AvgIpc) is 3.22. The Bertz CT molecular complexity index is 1140. The van der Waals surface area contributed by atoms with Gasteiger partial charge in [0.05, 0.1) is 0 Å². The van der Waals surface area contributed by atoms with Crippen LogP contribution in [0.1, 0.15) is 50.7 Å². The second kappa shape index (κ2) is 14.0. The zero-order valence-corrected chi connectivity index (χ0v) is 23.5. The number of hydrogen-bond acceptors (Lipinski definition) is 6. The number of fused-ring (bicyclic) bond motifs is 3. The van der Waals surface area contributed by atoms with E-state index in [1.54, 1.807) is 0 Å². The fourth-order valence-electron chi connectivity index (χ4n) is 4.66. The van der Waals surface area contributed by atoms with Crippen LogP contribution < -0.4 is 16.0 Å². The van der Waals surface area contributed by atoms with E-state index in [9.17, 15) is 24.3 Å². The molecule has 39 heavy (non-hydrogen) atoms. The van der Waals surface area contributed by atoms with Gasteiger partial charge >= 0.3 is 12.1 Å². The molecule has 210 valence electrons. The van der Waals surface area contributed by atoms with Crippen LogP contribution in [0.3, 0.4) is 0 Å². The molecule has 3 atom stereocenters. The molecule has 4 N–H and O–H groups in total. The third kappa shape index (κ3) is 7.98. The molecule has 0 heterocycles. The Labute approximate surface area is 233 Å². The van der Waals surface area contributed by atoms with Gasteiger partial charge < -0.3 is 25.8 Å². The Morgan fingerprint density at radius 2 is 1.46 bits per heavy atom. The van der Waals surface area contributed by atoms with Crippen molar-refractivity contribution in [2.45, 2.75) is 57.7 Å². The number of ether oxygens (including phenoxy) is 1. The number of alkyl carbamates (subject to hydrolysis) is 1. The normalized spacial score (nSPS) is 14.5. The lowest BCUT2D eigenvalue weighted by Gasteiger charge is -2.23. The van der Waals surface area contributed by atoms with E-state index in [1.165, 1.54) is 18.7 Å². The molecule has 3 unspecified atom stereocenters. The van der Waals surface area contributed by atoms with Crippen LogP contribution in [0.5, 0.6) is 0 Å². The number of carboxylic acids is 1. The molecule has 9 nitrogen and oxygen atoms in total. The SMILES string of the molecule is CSCCC(NC(=O)OCC1c2ccccc2-c2ccccc21)C(=O)NC(C)C(=O)NC(CC(C)C)C(=O)O. The first kappa shape index (κ1) is 30.0. The Kier molecular flexibility index (Phi) is 10.8. The molecule has 1 aliphatic carbocycles. The summed E-state index contributed by atoms with van der Waals surface area (Å²) in [5.41, 5.74) is 4.40. The van der Waals surface area contributed by atoms with Crippen molar-refractivity contribution in [3.05, 3.63) is 59.7 Å². The molecule has 10 heteroatoms. The molecular formula is C29H37N3O6S. The Hall–Kier alpha value is -3.53. The van der Waals surface area contributed by atoms with Gasteiger partial charge in [0.15, 0.2) is 0 Å². The minimum Gasteiger partial charge on any atom is -0.480 e. The molecule has 0 fully saturated rings. The first-order valence-electron chi connectivity index (χ1n) is 13.1. The molecule has 0 saturated carbocycles. The van der Waals surface area contributed by atoms with E-state index >= 15 is 0 Å². The monoisotopic (exact) mass is 555 g/mol. The number of amides is 3. The number of thioether (sulfide) groups is 1. The van der Waals surface area contributed by atoms with Crippen LogP contribution in [0.2, 0.25) is 0 Å². The number of rotatable bonds is 13. The van der Waals surface area contributed by atoms with E-state index in [2.05, 4.69) is 28.1 Å². The van der Waals surface area contributed by atoms with Crippen LogP contribution >= 0.6 is 11.8 Å². The van der Waals surface area contributed by atoms with E-state index in [0.717, 1.165) is 22.3 Å². The fourth-order valence-corrected chi connectivity index (χ4v) is 5.13. The zero-order chi connectivity index (χ0) is 28.5. The summed E-state index contributed by atoms with van der Waals surface area (Å²) >= 11 is 1.52. The number of hydrogen-bond donors (Lipinski definition) is 4. The van der Waals surface area contributed by atoms with Gasteiger partial charge in [0.25, 0.3) is 0 Å². The molecule has 0 radical (unpaired) electrons. The smallest absolute Gasteiger partial charge is 0.407 e. The second-order valence-corrected chi connectivity index (χ2v) is 11.0. The third-order valence-corrected chi connectivity index (χ3v) is 7.28. The van der Waals surface area contributed by atoms with Crippen molar-refractivity contribution in [1.82, 2.24) is 16.0 Å². The maximum absolute atomic E-state index is 13.0. The lowest BCUT2D eigenvalue weighted by atomic mass is 9.98. The Morgan fingerprint density at radius 3 is 2.00 bits per heavy atom. The summed E-state index contributed by atoms with van der Waals surface area (Å²) in [7, 11) is 0. The van der Waals surface area contributed by atoms with Crippen molar-refractivity contribution < 1.29 is 29.0 Å². The van der Waals surface area contributed by atoms with Crippen LogP contribution in [-0.2, 0) is 19.1 Å². The number of carboxylic acid groups (broad SMARTS) is 1. The van der Waals surface area contributed by atoms with Gasteiger partial charge in [-0.05, 0) is 59.9 Å².